The van der Waals surface area contributed by atoms with E-state index in [-0.39, 0.29) is 5.48 Å². The fourth-order valence-electron chi connectivity index (χ4n) is 4.47. The van der Waals surface area contributed by atoms with Crippen molar-refractivity contribution in [3.8, 4) is 0 Å². The molecule has 4 N–H and O–H groups in total. The molecular weight excluding hydrogens is 655 g/mol. The zero-order valence-corrected chi connectivity index (χ0v) is 34.2. The average molecular weight is 727 g/mol. The van der Waals surface area contributed by atoms with Gasteiger partial charge in [0.1, 0.15) is 0 Å². The zero-order chi connectivity index (χ0) is 32.3. The molecular formula is C32H72O5P2S4. The molecule has 6 atom stereocenters. The second-order valence-corrected chi connectivity index (χ2v) is 24.2. The van der Waals surface area contributed by atoms with Crippen molar-refractivity contribution in [2.24, 2.45) is 23.7 Å². The Kier molecular flexibility index (Phi) is 37.0. The molecule has 11 heteroatoms. The minimum Gasteiger partial charge on any atom is -0.412 e. The summed E-state index contributed by atoms with van der Waals surface area (Å²) in [6.07, 6.45) is 19.3. The molecule has 0 amide bonds. The average Bonchev–Trinajstić information content (AvgIpc) is 2.98. The maximum Gasteiger partial charge on any atom is 0.244 e. The van der Waals surface area contributed by atoms with Gasteiger partial charge in [-0.25, -0.2) is 0 Å². The first-order valence-electron chi connectivity index (χ1n) is 17.2. The molecule has 0 aliphatic rings. The molecule has 264 valence electrons. The van der Waals surface area contributed by atoms with Gasteiger partial charge >= 0.3 is 0 Å². The van der Waals surface area contributed by atoms with Crippen LogP contribution in [0.25, 0.3) is 0 Å². The van der Waals surface area contributed by atoms with E-state index in [1.807, 2.05) is 0 Å². The standard InChI is InChI=1S/2C16H35O2PS2.H2O/c2*1-5-9-11-15(7-3)13-18-19(17,20)21-14-16(8-4)12-10-6-2;/h2*15-16H,5-14H2,1-4H3,(H,17,20);1H2. The Morgan fingerprint density at radius 3 is 1.00 bits per heavy atom. The number of hydrogen-bond acceptors (Lipinski definition) is 6. The van der Waals surface area contributed by atoms with Gasteiger partial charge in [0, 0.05) is 11.5 Å². The van der Waals surface area contributed by atoms with Crippen LogP contribution in [0.3, 0.4) is 0 Å². The van der Waals surface area contributed by atoms with Gasteiger partial charge in [0.05, 0.1) is 13.2 Å². The van der Waals surface area contributed by atoms with E-state index in [1.165, 1.54) is 99.8 Å². The molecule has 0 aliphatic carbocycles. The van der Waals surface area contributed by atoms with E-state index >= 15 is 0 Å². The van der Waals surface area contributed by atoms with Crippen LogP contribution in [-0.4, -0.2) is 40.0 Å². The summed E-state index contributed by atoms with van der Waals surface area (Å²) < 4.78 is 11.4. The Morgan fingerprint density at radius 1 is 0.512 bits per heavy atom. The van der Waals surface area contributed by atoms with Crippen molar-refractivity contribution in [3.63, 3.8) is 0 Å². The van der Waals surface area contributed by atoms with Crippen LogP contribution in [0, 0.1) is 23.7 Å². The monoisotopic (exact) mass is 726 g/mol. The molecule has 0 spiro atoms. The fraction of sp³-hybridized carbons (Fsp3) is 1.00. The molecule has 0 bridgehead atoms. The van der Waals surface area contributed by atoms with Gasteiger partial charge < -0.3 is 24.3 Å². The Morgan fingerprint density at radius 2 is 0.767 bits per heavy atom. The lowest BCUT2D eigenvalue weighted by atomic mass is 10.0. The number of rotatable bonds is 28. The fourth-order valence-corrected chi connectivity index (χ4v) is 11.7. The Labute approximate surface area is 287 Å². The first kappa shape index (κ1) is 49.2. The lowest BCUT2D eigenvalue weighted by Gasteiger charge is -2.22. The van der Waals surface area contributed by atoms with Crippen molar-refractivity contribution < 1.29 is 24.3 Å². The molecule has 0 fully saturated rings. The zero-order valence-electron chi connectivity index (χ0n) is 29.2. The largest absolute Gasteiger partial charge is 0.412 e. The Hall–Kier alpha value is 1.80. The third-order valence-electron chi connectivity index (χ3n) is 8.07. The lowest BCUT2D eigenvalue weighted by molar-refractivity contribution is 0.238. The molecule has 0 saturated carbocycles. The highest BCUT2D eigenvalue weighted by Gasteiger charge is 2.21. The first-order valence-corrected chi connectivity index (χ1v) is 25.7. The van der Waals surface area contributed by atoms with Crippen LogP contribution in [0.2, 0.25) is 0 Å². The van der Waals surface area contributed by atoms with Crippen LogP contribution < -0.4 is 0 Å². The summed E-state index contributed by atoms with van der Waals surface area (Å²) in [6.45, 7) is 18.9. The van der Waals surface area contributed by atoms with Crippen LogP contribution in [0.5, 0.6) is 0 Å². The summed E-state index contributed by atoms with van der Waals surface area (Å²) in [7, 11) is 0. The third-order valence-corrected chi connectivity index (χ3v) is 16.9. The highest BCUT2D eigenvalue weighted by molar-refractivity contribution is 8.68. The lowest BCUT2D eigenvalue weighted by Crippen LogP contribution is -2.08. The van der Waals surface area contributed by atoms with E-state index in [0.717, 1.165) is 37.2 Å². The summed E-state index contributed by atoms with van der Waals surface area (Å²) in [5.74, 6) is 4.29. The minimum absolute atomic E-state index is 0. The van der Waals surface area contributed by atoms with Crippen LogP contribution in [0.4, 0.5) is 0 Å². The molecule has 5 nitrogen and oxygen atoms in total. The maximum atomic E-state index is 10.3. The van der Waals surface area contributed by atoms with Crippen molar-refractivity contribution in [1.82, 2.24) is 0 Å². The maximum absolute atomic E-state index is 10.3. The van der Waals surface area contributed by atoms with Gasteiger partial charge in [-0.3, -0.25) is 0 Å². The number of hydrogen-bond donors (Lipinski definition) is 2. The van der Waals surface area contributed by atoms with Crippen LogP contribution in [0.15, 0.2) is 0 Å². The van der Waals surface area contributed by atoms with Crippen LogP contribution in [-0.2, 0) is 32.7 Å². The summed E-state index contributed by atoms with van der Waals surface area (Å²) in [5, 5.41) is 0. The summed E-state index contributed by atoms with van der Waals surface area (Å²) in [6, 6.07) is 0. The molecule has 0 aromatic heterocycles. The molecule has 0 saturated heterocycles. The third kappa shape index (κ3) is 30.9. The summed E-state index contributed by atoms with van der Waals surface area (Å²) in [4.78, 5) is 20.6. The minimum atomic E-state index is -2.64. The van der Waals surface area contributed by atoms with Crippen molar-refractivity contribution >= 4 is 57.8 Å². The molecule has 0 radical (unpaired) electrons. The Bertz CT molecular complexity index is 586. The van der Waals surface area contributed by atoms with Gasteiger partial charge in [-0.15, -0.1) is 0 Å². The van der Waals surface area contributed by atoms with E-state index in [9.17, 15) is 9.79 Å². The Balaban J connectivity index is -0.000000727. The number of unbranched alkanes of at least 4 members (excludes halogenated alkanes) is 4. The molecule has 0 aromatic rings. The molecule has 0 aliphatic heterocycles. The topological polar surface area (TPSA) is 90.4 Å². The van der Waals surface area contributed by atoms with E-state index in [1.54, 1.807) is 0 Å². The van der Waals surface area contributed by atoms with Crippen molar-refractivity contribution in [2.75, 3.05) is 24.7 Å². The van der Waals surface area contributed by atoms with Gasteiger partial charge in [0.2, 0.25) is 11.4 Å². The molecule has 0 heterocycles. The van der Waals surface area contributed by atoms with E-state index in [2.05, 4.69) is 55.4 Å². The van der Waals surface area contributed by atoms with Gasteiger partial charge in [-0.1, -0.05) is 155 Å². The van der Waals surface area contributed by atoms with Crippen molar-refractivity contribution in [3.05, 3.63) is 0 Å². The van der Waals surface area contributed by atoms with Crippen molar-refractivity contribution in [1.29, 1.82) is 0 Å². The smallest absolute Gasteiger partial charge is 0.244 e. The second-order valence-electron chi connectivity index (χ2n) is 11.8. The second kappa shape index (κ2) is 32.4. The van der Waals surface area contributed by atoms with E-state index in [4.69, 9.17) is 32.7 Å². The normalized spacial score (nSPS) is 17.0. The quantitative estimate of drug-likeness (QED) is 0.0770. The summed E-state index contributed by atoms with van der Waals surface area (Å²) in [5.41, 5.74) is -5.28. The predicted octanol–water partition coefficient (Wildman–Crippen LogP) is 11.9. The molecule has 0 aromatic carbocycles. The van der Waals surface area contributed by atoms with Gasteiger partial charge in [0.25, 0.3) is 0 Å². The van der Waals surface area contributed by atoms with E-state index < -0.39 is 11.4 Å². The van der Waals surface area contributed by atoms with Gasteiger partial charge in [-0.2, -0.15) is 0 Å². The first-order chi connectivity index (χ1) is 20.0. The molecule has 0 rings (SSSR count). The van der Waals surface area contributed by atoms with Gasteiger partial charge in [-0.05, 0) is 73.0 Å². The van der Waals surface area contributed by atoms with Gasteiger partial charge in [0.15, 0.2) is 0 Å². The highest BCUT2D eigenvalue weighted by atomic mass is 32.9. The molecule has 43 heavy (non-hydrogen) atoms. The van der Waals surface area contributed by atoms with Crippen LogP contribution >= 0.6 is 34.2 Å². The highest BCUT2D eigenvalue weighted by Crippen LogP contribution is 2.58. The summed E-state index contributed by atoms with van der Waals surface area (Å²) >= 11 is 13.6. The van der Waals surface area contributed by atoms with Crippen LogP contribution in [0.1, 0.15) is 158 Å². The SMILES string of the molecule is CCCCC(CC)COP(O)(=S)SCC(CC)CCCC.CCCCC(CC)COP(O)(=S)SCC(CC)CCCC.O. The predicted molar refractivity (Wildman–Crippen MR) is 207 cm³/mol. The van der Waals surface area contributed by atoms with Crippen molar-refractivity contribution in [2.45, 2.75) is 158 Å². The molecule has 6 unspecified atom stereocenters. The van der Waals surface area contributed by atoms with E-state index in [0.29, 0.717) is 36.9 Å².